The quantitative estimate of drug-likeness (QED) is 0.255. The summed E-state index contributed by atoms with van der Waals surface area (Å²) in [6.45, 7) is 5.01. The van der Waals surface area contributed by atoms with Gasteiger partial charge in [0.2, 0.25) is 5.89 Å². The number of aliphatic hydroxyl groups excluding tert-OH is 1. The zero-order valence-electron chi connectivity index (χ0n) is 17.4. The van der Waals surface area contributed by atoms with Crippen molar-refractivity contribution in [2.45, 2.75) is 20.4 Å². The summed E-state index contributed by atoms with van der Waals surface area (Å²) in [5, 5.41) is 23.4. The minimum Gasteiger partial charge on any atom is -0.436 e. The number of aromatic nitrogens is 1. The lowest BCUT2D eigenvalue weighted by Gasteiger charge is -2.12. The van der Waals surface area contributed by atoms with Crippen LogP contribution in [0.5, 0.6) is 0 Å². The Hall–Kier alpha value is -3.55. The fourth-order valence-electron chi connectivity index (χ4n) is 3.78. The molecule has 7 heteroatoms. The average molecular weight is 417 g/mol. The number of hydrogen-bond donors (Lipinski definition) is 2. The molecule has 158 valence electrons. The van der Waals surface area contributed by atoms with E-state index in [2.05, 4.69) is 10.3 Å². The van der Waals surface area contributed by atoms with Crippen molar-refractivity contribution in [1.29, 1.82) is 0 Å². The van der Waals surface area contributed by atoms with Crippen LogP contribution in [0.3, 0.4) is 0 Å². The molecule has 0 aliphatic heterocycles. The number of aliphatic hydroxyl groups is 1. The zero-order chi connectivity index (χ0) is 22.0. The van der Waals surface area contributed by atoms with Gasteiger partial charge in [0.25, 0.3) is 5.69 Å². The zero-order valence-corrected chi connectivity index (χ0v) is 17.4. The van der Waals surface area contributed by atoms with E-state index in [1.807, 2.05) is 49.4 Å². The highest BCUT2D eigenvalue weighted by atomic mass is 16.6. The van der Waals surface area contributed by atoms with Gasteiger partial charge in [-0.25, -0.2) is 4.98 Å². The molecule has 0 aliphatic carbocycles. The van der Waals surface area contributed by atoms with E-state index in [-0.39, 0.29) is 17.2 Å². The Morgan fingerprint density at radius 3 is 2.48 bits per heavy atom. The van der Waals surface area contributed by atoms with Gasteiger partial charge in [0.1, 0.15) is 5.52 Å². The smallest absolute Gasteiger partial charge is 0.272 e. The van der Waals surface area contributed by atoms with Crippen molar-refractivity contribution in [3.63, 3.8) is 0 Å². The van der Waals surface area contributed by atoms with Crippen molar-refractivity contribution in [1.82, 2.24) is 10.3 Å². The van der Waals surface area contributed by atoms with Crippen molar-refractivity contribution < 1.29 is 14.4 Å². The van der Waals surface area contributed by atoms with Gasteiger partial charge in [-0.15, -0.1) is 0 Å². The Balaban J connectivity index is 1.74. The highest BCUT2D eigenvalue weighted by Crippen LogP contribution is 2.36. The van der Waals surface area contributed by atoms with Gasteiger partial charge < -0.3 is 14.8 Å². The van der Waals surface area contributed by atoms with Crippen LogP contribution >= 0.6 is 0 Å². The lowest BCUT2D eigenvalue weighted by molar-refractivity contribution is -0.385. The maximum Gasteiger partial charge on any atom is 0.272 e. The van der Waals surface area contributed by atoms with Crippen molar-refractivity contribution in [2.75, 3.05) is 13.2 Å². The van der Waals surface area contributed by atoms with Crippen molar-refractivity contribution >= 4 is 16.8 Å². The van der Waals surface area contributed by atoms with Crippen molar-refractivity contribution in [3.8, 4) is 22.6 Å². The summed E-state index contributed by atoms with van der Waals surface area (Å²) in [4.78, 5) is 15.7. The van der Waals surface area contributed by atoms with Gasteiger partial charge in [0.05, 0.1) is 11.5 Å². The van der Waals surface area contributed by atoms with Crippen molar-refractivity contribution in [3.05, 3.63) is 81.4 Å². The summed E-state index contributed by atoms with van der Waals surface area (Å²) in [6.07, 6.45) is 0. The second-order valence-electron chi connectivity index (χ2n) is 7.41. The van der Waals surface area contributed by atoms with Crippen LogP contribution in [0.2, 0.25) is 0 Å². The van der Waals surface area contributed by atoms with E-state index in [1.54, 1.807) is 13.0 Å². The molecule has 31 heavy (non-hydrogen) atoms. The van der Waals surface area contributed by atoms with Crippen LogP contribution in [-0.2, 0) is 6.54 Å². The highest BCUT2D eigenvalue weighted by molar-refractivity contribution is 5.82. The van der Waals surface area contributed by atoms with E-state index < -0.39 is 0 Å². The number of benzene rings is 3. The summed E-state index contributed by atoms with van der Waals surface area (Å²) in [5.41, 5.74) is 6.76. The molecular formula is C24H23N3O4. The van der Waals surface area contributed by atoms with Gasteiger partial charge in [-0.3, -0.25) is 10.1 Å². The minimum absolute atomic E-state index is 0.0933. The standard InChI is InChI=1S/C24H23N3O4/c1-15-18(19-6-4-8-22(16(19)2)27(29)30)5-3-7-20(15)24-26-21-13-17(14-25-11-12-28)9-10-23(21)31-24/h3-10,13,25,28H,11-12,14H2,1-2H3. The summed E-state index contributed by atoms with van der Waals surface area (Å²) < 4.78 is 6.02. The first-order valence-corrected chi connectivity index (χ1v) is 10.0. The predicted octanol–water partition coefficient (Wildman–Crippen LogP) is 4.77. The van der Waals surface area contributed by atoms with Crippen LogP contribution < -0.4 is 5.32 Å². The number of nitrogens with zero attached hydrogens (tertiary/aromatic N) is 2. The molecule has 4 aromatic rings. The number of nitro benzene ring substituents is 1. The van der Waals surface area contributed by atoms with Gasteiger partial charge in [-0.1, -0.05) is 30.3 Å². The maximum absolute atomic E-state index is 11.4. The molecule has 3 aromatic carbocycles. The molecule has 2 N–H and O–H groups in total. The molecule has 0 amide bonds. The second kappa shape index (κ2) is 8.67. The Kier molecular flexibility index (Phi) is 5.79. The van der Waals surface area contributed by atoms with Crippen LogP contribution in [0, 0.1) is 24.0 Å². The molecule has 1 heterocycles. The fraction of sp³-hybridized carbons (Fsp3) is 0.208. The molecule has 0 saturated carbocycles. The molecule has 0 fully saturated rings. The lowest BCUT2D eigenvalue weighted by atomic mass is 9.93. The van der Waals surface area contributed by atoms with E-state index >= 15 is 0 Å². The molecule has 0 spiro atoms. The van der Waals surface area contributed by atoms with Crippen LogP contribution in [0.15, 0.2) is 59.0 Å². The molecule has 0 aliphatic rings. The van der Waals surface area contributed by atoms with Gasteiger partial charge in [0.15, 0.2) is 5.58 Å². The van der Waals surface area contributed by atoms with E-state index in [9.17, 15) is 10.1 Å². The van der Waals surface area contributed by atoms with E-state index in [4.69, 9.17) is 9.52 Å². The van der Waals surface area contributed by atoms with Crippen LogP contribution in [0.4, 0.5) is 5.69 Å². The lowest BCUT2D eigenvalue weighted by Crippen LogP contribution is -2.17. The Labute approximate surface area is 179 Å². The summed E-state index contributed by atoms with van der Waals surface area (Å²) in [6, 6.07) is 16.8. The first kappa shape index (κ1) is 20.7. The molecule has 0 unspecified atom stereocenters. The van der Waals surface area contributed by atoms with E-state index in [0.29, 0.717) is 30.1 Å². The largest absolute Gasteiger partial charge is 0.436 e. The minimum atomic E-state index is -0.355. The number of nitrogens with one attached hydrogen (secondary N) is 1. The molecule has 0 bridgehead atoms. The molecule has 1 aromatic heterocycles. The topological polar surface area (TPSA) is 101 Å². The number of fused-ring (bicyclic) bond motifs is 1. The third kappa shape index (κ3) is 4.05. The molecule has 0 atom stereocenters. The second-order valence-corrected chi connectivity index (χ2v) is 7.41. The molecule has 4 rings (SSSR count). The SMILES string of the molecule is Cc1c(-c2nc3cc(CNCCO)ccc3o2)cccc1-c1cccc([N+](=O)[O-])c1C. The van der Waals surface area contributed by atoms with Crippen molar-refractivity contribution in [2.24, 2.45) is 0 Å². The van der Waals surface area contributed by atoms with E-state index in [1.165, 1.54) is 6.07 Å². The number of nitro groups is 1. The number of hydrogen-bond acceptors (Lipinski definition) is 6. The third-order valence-electron chi connectivity index (χ3n) is 5.43. The van der Waals surface area contributed by atoms with Gasteiger partial charge in [-0.2, -0.15) is 0 Å². The first-order chi connectivity index (χ1) is 15.0. The average Bonchev–Trinajstić information content (AvgIpc) is 3.17. The van der Waals surface area contributed by atoms with Gasteiger partial charge in [-0.05, 0) is 54.3 Å². The third-order valence-corrected chi connectivity index (χ3v) is 5.43. The number of rotatable bonds is 7. The monoisotopic (exact) mass is 417 g/mol. The van der Waals surface area contributed by atoms with Crippen LogP contribution in [-0.4, -0.2) is 28.2 Å². The van der Waals surface area contributed by atoms with Gasteiger partial charge >= 0.3 is 0 Å². The Morgan fingerprint density at radius 2 is 1.74 bits per heavy atom. The molecule has 0 radical (unpaired) electrons. The Morgan fingerprint density at radius 1 is 1.03 bits per heavy atom. The number of oxazole rings is 1. The predicted molar refractivity (Wildman–Crippen MR) is 120 cm³/mol. The van der Waals surface area contributed by atoms with Crippen LogP contribution in [0.25, 0.3) is 33.7 Å². The normalized spacial score (nSPS) is 11.2. The van der Waals surface area contributed by atoms with E-state index in [0.717, 1.165) is 33.3 Å². The summed E-state index contributed by atoms with van der Waals surface area (Å²) in [5.74, 6) is 0.512. The summed E-state index contributed by atoms with van der Waals surface area (Å²) in [7, 11) is 0. The Bertz CT molecular complexity index is 1260. The maximum atomic E-state index is 11.4. The summed E-state index contributed by atoms with van der Waals surface area (Å²) >= 11 is 0. The molecule has 0 saturated heterocycles. The molecular weight excluding hydrogens is 394 g/mol. The highest BCUT2D eigenvalue weighted by Gasteiger charge is 2.18. The van der Waals surface area contributed by atoms with Crippen LogP contribution in [0.1, 0.15) is 16.7 Å². The first-order valence-electron chi connectivity index (χ1n) is 10.0. The van der Waals surface area contributed by atoms with Gasteiger partial charge in [0, 0.05) is 30.3 Å². The fourth-order valence-corrected chi connectivity index (χ4v) is 3.78. The molecule has 7 nitrogen and oxygen atoms in total.